The highest BCUT2D eigenvalue weighted by Gasteiger charge is 2.15. The lowest BCUT2D eigenvalue weighted by molar-refractivity contribution is 0.0959. The molecule has 0 aliphatic rings. The van der Waals surface area contributed by atoms with Crippen molar-refractivity contribution in [1.29, 1.82) is 0 Å². The molecule has 19 heavy (non-hydrogen) atoms. The molecule has 0 aliphatic carbocycles. The normalized spacial score (nSPS) is 10.4. The second kappa shape index (κ2) is 6.23. The van der Waals surface area contributed by atoms with Gasteiger partial charge in [-0.15, -0.1) is 11.3 Å². The molecule has 2 rings (SSSR count). The topological polar surface area (TPSA) is 80.0 Å². The third kappa shape index (κ3) is 3.59. The van der Waals surface area contributed by atoms with Crippen LogP contribution in [0.25, 0.3) is 0 Å². The number of hydrogen-bond acceptors (Lipinski definition) is 6. The summed E-state index contributed by atoms with van der Waals surface area (Å²) in [6.07, 6.45) is 0.751. The van der Waals surface area contributed by atoms with E-state index in [1.807, 2.05) is 12.1 Å². The molecular formula is C11H13ClN4OS2. The lowest BCUT2D eigenvalue weighted by Crippen LogP contribution is -2.25. The second-order valence-corrected chi connectivity index (χ2v) is 6.49. The maximum atomic E-state index is 11.9. The highest BCUT2D eigenvalue weighted by Crippen LogP contribution is 2.24. The van der Waals surface area contributed by atoms with E-state index in [9.17, 15) is 4.79 Å². The molecule has 0 fully saturated rings. The number of thiophene rings is 1. The molecule has 0 unspecified atom stereocenters. The van der Waals surface area contributed by atoms with Gasteiger partial charge in [-0.2, -0.15) is 0 Å². The summed E-state index contributed by atoms with van der Waals surface area (Å²) in [7, 11) is 1.74. The van der Waals surface area contributed by atoms with Crippen LogP contribution in [0, 0.1) is 0 Å². The van der Waals surface area contributed by atoms with Crippen molar-refractivity contribution in [2.75, 3.05) is 24.6 Å². The predicted molar refractivity (Wildman–Crippen MR) is 81.4 cm³/mol. The Morgan fingerprint density at radius 2 is 2.26 bits per heavy atom. The number of nitrogen functional groups attached to an aromatic ring is 1. The largest absolute Gasteiger partial charge is 0.382 e. The van der Waals surface area contributed by atoms with Gasteiger partial charge in [-0.05, 0) is 18.6 Å². The molecule has 2 aromatic rings. The van der Waals surface area contributed by atoms with Crippen molar-refractivity contribution >= 4 is 51.1 Å². The van der Waals surface area contributed by atoms with E-state index in [1.54, 1.807) is 7.05 Å². The fourth-order valence-corrected chi connectivity index (χ4v) is 3.31. The summed E-state index contributed by atoms with van der Waals surface area (Å²) >= 11 is 8.59. The molecule has 0 radical (unpaired) electrons. The number of nitrogens with two attached hydrogens (primary N) is 1. The minimum absolute atomic E-state index is 0.195. The smallest absolute Gasteiger partial charge is 0.265 e. The monoisotopic (exact) mass is 316 g/mol. The number of aromatic nitrogens is 1. The highest BCUT2D eigenvalue weighted by molar-refractivity contribution is 7.18. The summed E-state index contributed by atoms with van der Waals surface area (Å²) in [6.45, 7) is 0.544. The molecule has 5 nitrogen and oxygen atoms in total. The maximum absolute atomic E-state index is 11.9. The number of nitrogens with one attached hydrogen (secondary N) is 2. The lowest BCUT2D eigenvalue weighted by Gasteiger charge is -2.02. The predicted octanol–water partition coefficient (Wildman–Crippen LogP) is 2.45. The Morgan fingerprint density at radius 3 is 2.84 bits per heavy atom. The zero-order chi connectivity index (χ0) is 13.8. The summed E-state index contributed by atoms with van der Waals surface area (Å²) in [5, 5.41) is 6.32. The molecule has 2 aromatic heterocycles. The van der Waals surface area contributed by atoms with Crippen LogP contribution in [-0.4, -0.2) is 24.5 Å². The van der Waals surface area contributed by atoms with Gasteiger partial charge in [0.25, 0.3) is 5.91 Å². The van der Waals surface area contributed by atoms with Gasteiger partial charge in [0, 0.05) is 18.5 Å². The van der Waals surface area contributed by atoms with Crippen LogP contribution in [0.1, 0.15) is 14.5 Å². The van der Waals surface area contributed by atoms with E-state index >= 15 is 0 Å². The minimum atomic E-state index is -0.195. The third-order valence-electron chi connectivity index (χ3n) is 2.36. The maximum Gasteiger partial charge on any atom is 0.265 e. The summed E-state index contributed by atoms with van der Waals surface area (Å²) in [4.78, 5) is 17.5. The molecule has 4 N–H and O–H groups in total. The van der Waals surface area contributed by atoms with Gasteiger partial charge in [-0.25, -0.2) is 4.98 Å². The van der Waals surface area contributed by atoms with Crippen LogP contribution in [0.4, 0.5) is 10.9 Å². The van der Waals surface area contributed by atoms with Gasteiger partial charge in [-0.3, -0.25) is 4.79 Å². The summed E-state index contributed by atoms with van der Waals surface area (Å²) in [6, 6.07) is 3.81. The van der Waals surface area contributed by atoms with Gasteiger partial charge in [0.15, 0.2) is 5.13 Å². The molecule has 8 heteroatoms. The van der Waals surface area contributed by atoms with Crippen molar-refractivity contribution in [3.05, 3.63) is 26.2 Å². The zero-order valence-electron chi connectivity index (χ0n) is 10.2. The van der Waals surface area contributed by atoms with Gasteiger partial charge >= 0.3 is 0 Å². The van der Waals surface area contributed by atoms with Crippen LogP contribution in [0.3, 0.4) is 0 Å². The van der Waals surface area contributed by atoms with Gasteiger partial charge in [0.2, 0.25) is 0 Å². The van der Waals surface area contributed by atoms with Crippen LogP contribution in [0.5, 0.6) is 0 Å². The van der Waals surface area contributed by atoms with Crippen LogP contribution in [-0.2, 0) is 6.42 Å². The first-order chi connectivity index (χ1) is 9.10. The number of halogens is 1. The quantitative estimate of drug-likeness (QED) is 0.791. The third-order valence-corrected chi connectivity index (χ3v) is 4.74. The van der Waals surface area contributed by atoms with Gasteiger partial charge in [0.05, 0.1) is 4.34 Å². The Hall–Kier alpha value is -1.31. The summed E-state index contributed by atoms with van der Waals surface area (Å²) in [5.74, 6) is 0.0603. The first-order valence-electron chi connectivity index (χ1n) is 5.56. The molecule has 0 aromatic carbocycles. The molecule has 0 saturated carbocycles. The van der Waals surface area contributed by atoms with Crippen molar-refractivity contribution in [3.63, 3.8) is 0 Å². The number of amides is 1. The summed E-state index contributed by atoms with van der Waals surface area (Å²) in [5.41, 5.74) is 5.69. The van der Waals surface area contributed by atoms with Crippen molar-refractivity contribution in [3.8, 4) is 0 Å². The molecule has 0 saturated heterocycles. The van der Waals surface area contributed by atoms with E-state index in [2.05, 4.69) is 15.6 Å². The number of hydrogen-bond donors (Lipinski definition) is 3. The average molecular weight is 317 g/mol. The number of thiazole rings is 1. The van der Waals surface area contributed by atoms with Crippen molar-refractivity contribution in [1.82, 2.24) is 10.3 Å². The van der Waals surface area contributed by atoms with Crippen LogP contribution in [0.15, 0.2) is 12.1 Å². The highest BCUT2D eigenvalue weighted by atomic mass is 35.5. The van der Waals surface area contributed by atoms with Crippen molar-refractivity contribution < 1.29 is 4.79 Å². The minimum Gasteiger partial charge on any atom is -0.382 e. The van der Waals surface area contributed by atoms with E-state index in [1.165, 1.54) is 22.7 Å². The standard InChI is InChI=1S/C11H13ClN4OS2/c1-14-11-16-9(13)8(19-11)10(17)15-5-4-6-2-3-7(12)18-6/h2-3H,4-5,13H2,1H3,(H,14,16)(H,15,17). The molecule has 102 valence electrons. The fraction of sp³-hybridized carbons (Fsp3) is 0.273. The molecule has 1 amide bonds. The Labute approximate surface area is 123 Å². The molecular weight excluding hydrogens is 304 g/mol. The van der Waals surface area contributed by atoms with Gasteiger partial charge < -0.3 is 16.4 Å². The first kappa shape index (κ1) is 14.1. The van der Waals surface area contributed by atoms with Crippen LogP contribution in [0.2, 0.25) is 4.34 Å². The number of carbonyl (C=O) groups excluding carboxylic acids is 1. The Kier molecular flexibility index (Phi) is 4.62. The summed E-state index contributed by atoms with van der Waals surface area (Å²) < 4.78 is 0.756. The van der Waals surface area contributed by atoms with Crippen molar-refractivity contribution in [2.24, 2.45) is 0 Å². The average Bonchev–Trinajstić information content (AvgIpc) is 2.95. The van der Waals surface area contributed by atoms with Crippen LogP contribution >= 0.6 is 34.3 Å². The van der Waals surface area contributed by atoms with Gasteiger partial charge in [-0.1, -0.05) is 22.9 Å². The number of anilines is 2. The molecule has 0 bridgehead atoms. The SMILES string of the molecule is CNc1nc(N)c(C(=O)NCCc2ccc(Cl)s2)s1. The molecule has 0 aliphatic heterocycles. The van der Waals surface area contributed by atoms with Gasteiger partial charge in [0.1, 0.15) is 10.7 Å². The van der Waals surface area contributed by atoms with E-state index in [0.717, 1.165) is 15.6 Å². The van der Waals surface area contributed by atoms with Crippen LogP contribution < -0.4 is 16.4 Å². The number of nitrogens with zero attached hydrogens (tertiary/aromatic N) is 1. The van der Waals surface area contributed by atoms with Crippen molar-refractivity contribution in [2.45, 2.75) is 6.42 Å². The number of rotatable bonds is 5. The Bertz CT molecular complexity index is 581. The van der Waals surface area contributed by atoms with E-state index in [-0.39, 0.29) is 11.7 Å². The van der Waals surface area contributed by atoms with E-state index < -0.39 is 0 Å². The Morgan fingerprint density at radius 1 is 1.47 bits per heavy atom. The molecule has 2 heterocycles. The fourth-order valence-electron chi connectivity index (χ4n) is 1.47. The zero-order valence-corrected chi connectivity index (χ0v) is 12.6. The van der Waals surface area contributed by atoms with E-state index in [4.69, 9.17) is 17.3 Å². The Balaban J connectivity index is 1.88. The number of carbonyl (C=O) groups is 1. The second-order valence-electron chi connectivity index (χ2n) is 3.70. The lowest BCUT2D eigenvalue weighted by atomic mass is 10.3. The first-order valence-corrected chi connectivity index (χ1v) is 7.57. The van der Waals surface area contributed by atoms with E-state index in [0.29, 0.717) is 16.6 Å². The molecule has 0 spiro atoms. The molecule has 0 atom stereocenters.